The van der Waals surface area contributed by atoms with Crippen LogP contribution >= 0.6 is 11.3 Å². The Hall–Kier alpha value is -2.29. The zero-order valence-corrected chi connectivity index (χ0v) is 16.8. The molecule has 1 aromatic carbocycles. The van der Waals surface area contributed by atoms with Crippen LogP contribution in [0.2, 0.25) is 0 Å². The molecule has 1 aliphatic rings. The van der Waals surface area contributed by atoms with E-state index in [4.69, 9.17) is 4.74 Å². The maximum absolute atomic E-state index is 12.4. The number of hydrogen-bond acceptors (Lipinski definition) is 6. The predicted molar refractivity (Wildman–Crippen MR) is 108 cm³/mol. The van der Waals surface area contributed by atoms with Crippen LogP contribution in [0.5, 0.6) is 0 Å². The van der Waals surface area contributed by atoms with Crippen molar-refractivity contribution in [2.24, 2.45) is 0 Å². The number of nitrogens with one attached hydrogen (secondary N) is 2. The van der Waals surface area contributed by atoms with Crippen LogP contribution in [0.4, 0.5) is 0 Å². The van der Waals surface area contributed by atoms with Crippen LogP contribution in [0.25, 0.3) is 0 Å². The van der Waals surface area contributed by atoms with Crippen LogP contribution in [0.1, 0.15) is 29.1 Å². The van der Waals surface area contributed by atoms with Crippen LogP contribution in [-0.2, 0) is 27.3 Å². The molecule has 3 rings (SSSR count). The Bertz CT molecular complexity index is 775. The monoisotopic (exact) mass is 402 g/mol. The maximum atomic E-state index is 12.4. The summed E-state index contributed by atoms with van der Waals surface area (Å²) < 4.78 is 5.72. The number of carbonyl (C=O) groups excluding carboxylic acids is 2. The van der Waals surface area contributed by atoms with Crippen LogP contribution in [0.15, 0.2) is 35.7 Å². The van der Waals surface area contributed by atoms with Crippen LogP contribution < -0.4 is 10.9 Å². The Morgan fingerprint density at radius 2 is 2.04 bits per heavy atom. The van der Waals surface area contributed by atoms with Crippen molar-refractivity contribution in [1.29, 1.82) is 0 Å². The Morgan fingerprint density at radius 1 is 1.25 bits per heavy atom. The van der Waals surface area contributed by atoms with Gasteiger partial charge in [-0.3, -0.25) is 25.3 Å². The molecule has 2 N–H and O–H groups in total. The van der Waals surface area contributed by atoms with E-state index in [9.17, 15) is 9.59 Å². The second-order valence-electron chi connectivity index (χ2n) is 6.95. The van der Waals surface area contributed by atoms with Crippen molar-refractivity contribution < 1.29 is 14.3 Å². The molecule has 1 saturated heterocycles. The molecule has 150 valence electrons. The first kappa shape index (κ1) is 20.4. The summed E-state index contributed by atoms with van der Waals surface area (Å²) in [6, 6.07) is 10.0. The van der Waals surface area contributed by atoms with E-state index >= 15 is 0 Å². The maximum Gasteiger partial charge on any atom is 0.252 e. The molecule has 1 aromatic heterocycles. The van der Waals surface area contributed by atoms with Crippen molar-refractivity contribution in [2.45, 2.75) is 38.8 Å². The van der Waals surface area contributed by atoms with Crippen LogP contribution in [-0.4, -0.2) is 47.5 Å². The molecule has 0 aliphatic carbocycles. The summed E-state index contributed by atoms with van der Waals surface area (Å²) in [6.07, 6.45) is 2.38. The van der Waals surface area contributed by atoms with E-state index in [0.717, 1.165) is 35.7 Å². The van der Waals surface area contributed by atoms with Gasteiger partial charge in [-0.25, -0.2) is 4.98 Å². The quantitative estimate of drug-likeness (QED) is 0.658. The van der Waals surface area contributed by atoms with Gasteiger partial charge < -0.3 is 4.74 Å². The van der Waals surface area contributed by atoms with Crippen molar-refractivity contribution in [2.75, 3.05) is 19.7 Å². The number of thiazole rings is 1. The van der Waals surface area contributed by atoms with Crippen LogP contribution in [0.3, 0.4) is 0 Å². The topological polar surface area (TPSA) is 83.6 Å². The van der Waals surface area contributed by atoms with Gasteiger partial charge in [-0.05, 0) is 25.3 Å². The number of hydrazine groups is 1. The molecule has 28 heavy (non-hydrogen) atoms. The number of rotatable bonds is 8. The van der Waals surface area contributed by atoms with Crippen molar-refractivity contribution in [3.8, 4) is 0 Å². The molecule has 2 aromatic rings. The fourth-order valence-corrected chi connectivity index (χ4v) is 3.92. The first-order valence-electron chi connectivity index (χ1n) is 9.45. The third-order valence-corrected chi connectivity index (χ3v) is 5.39. The van der Waals surface area contributed by atoms with Gasteiger partial charge in [0.1, 0.15) is 5.01 Å². The Morgan fingerprint density at radius 3 is 2.71 bits per heavy atom. The highest BCUT2D eigenvalue weighted by molar-refractivity contribution is 7.09. The van der Waals surface area contributed by atoms with Gasteiger partial charge in [0, 0.05) is 30.8 Å². The number of benzene rings is 1. The van der Waals surface area contributed by atoms with Gasteiger partial charge in [-0.15, -0.1) is 11.3 Å². The second-order valence-corrected chi connectivity index (χ2v) is 7.89. The number of aromatic nitrogens is 1. The van der Waals surface area contributed by atoms with Crippen molar-refractivity contribution >= 4 is 23.2 Å². The molecule has 1 atom stereocenters. The van der Waals surface area contributed by atoms with Gasteiger partial charge in [0.25, 0.3) is 5.91 Å². The molecule has 1 unspecified atom stereocenters. The molecule has 0 bridgehead atoms. The summed E-state index contributed by atoms with van der Waals surface area (Å²) in [7, 11) is 0. The minimum Gasteiger partial charge on any atom is -0.377 e. The van der Waals surface area contributed by atoms with Crippen molar-refractivity contribution in [1.82, 2.24) is 20.7 Å². The number of carbonyl (C=O) groups is 2. The highest BCUT2D eigenvalue weighted by Crippen LogP contribution is 2.15. The van der Waals surface area contributed by atoms with Gasteiger partial charge in [0.15, 0.2) is 0 Å². The van der Waals surface area contributed by atoms with Gasteiger partial charge in [-0.1, -0.05) is 30.3 Å². The minimum atomic E-state index is -0.281. The lowest BCUT2D eigenvalue weighted by Gasteiger charge is -2.24. The van der Waals surface area contributed by atoms with Gasteiger partial charge in [0.2, 0.25) is 5.91 Å². The number of ether oxygens (including phenoxy) is 1. The molecule has 0 spiro atoms. The van der Waals surface area contributed by atoms with Gasteiger partial charge in [0.05, 0.1) is 19.1 Å². The first-order valence-corrected chi connectivity index (χ1v) is 10.3. The zero-order chi connectivity index (χ0) is 19.8. The Labute approximate surface area is 169 Å². The fraction of sp³-hybridized carbons (Fsp3) is 0.450. The van der Waals surface area contributed by atoms with Crippen molar-refractivity contribution in [3.63, 3.8) is 0 Å². The third-order valence-electron chi connectivity index (χ3n) is 4.42. The third kappa shape index (κ3) is 6.70. The Kier molecular flexibility index (Phi) is 7.53. The fourth-order valence-electron chi connectivity index (χ4n) is 3.15. The number of aryl methyl sites for hydroxylation is 1. The minimum absolute atomic E-state index is 0.152. The van der Waals surface area contributed by atoms with E-state index in [0.29, 0.717) is 13.1 Å². The molecule has 0 saturated carbocycles. The summed E-state index contributed by atoms with van der Waals surface area (Å²) in [5.74, 6) is -0.533. The summed E-state index contributed by atoms with van der Waals surface area (Å²) in [4.78, 5) is 30.7. The highest BCUT2D eigenvalue weighted by Gasteiger charge is 2.21. The van der Waals surface area contributed by atoms with Gasteiger partial charge >= 0.3 is 0 Å². The lowest BCUT2D eigenvalue weighted by atomic mass is 10.2. The average Bonchev–Trinajstić information content (AvgIpc) is 3.32. The van der Waals surface area contributed by atoms with E-state index < -0.39 is 0 Å². The second kappa shape index (κ2) is 10.3. The lowest BCUT2D eigenvalue weighted by Crippen LogP contribution is -2.47. The van der Waals surface area contributed by atoms with Crippen molar-refractivity contribution in [3.05, 3.63) is 52.0 Å². The molecular weight excluding hydrogens is 376 g/mol. The van der Waals surface area contributed by atoms with E-state index in [-0.39, 0.29) is 30.9 Å². The highest BCUT2D eigenvalue weighted by atomic mass is 32.1. The number of nitrogens with zero attached hydrogens (tertiary/aromatic N) is 2. The van der Waals surface area contributed by atoms with Crippen LogP contribution in [0, 0.1) is 6.92 Å². The lowest BCUT2D eigenvalue weighted by molar-refractivity contribution is -0.129. The Balaban J connectivity index is 1.48. The molecule has 8 heteroatoms. The van der Waals surface area contributed by atoms with Gasteiger partial charge in [-0.2, -0.15) is 0 Å². The van der Waals surface area contributed by atoms with E-state index in [1.54, 1.807) is 0 Å². The molecule has 1 aliphatic heterocycles. The molecule has 2 heterocycles. The SMILES string of the molecule is Cc1csc(CC(=O)NNC(=O)CN(Cc2ccccc2)CC2CCCO2)n1. The smallest absolute Gasteiger partial charge is 0.252 e. The normalized spacial score (nSPS) is 16.3. The molecule has 2 amide bonds. The molecule has 1 fully saturated rings. The summed E-state index contributed by atoms with van der Waals surface area (Å²) in [6.45, 7) is 4.19. The number of amides is 2. The predicted octanol–water partition coefficient (Wildman–Crippen LogP) is 1.82. The largest absolute Gasteiger partial charge is 0.377 e. The summed E-state index contributed by atoms with van der Waals surface area (Å²) in [5.41, 5.74) is 7.01. The zero-order valence-electron chi connectivity index (χ0n) is 16.0. The summed E-state index contributed by atoms with van der Waals surface area (Å²) >= 11 is 1.43. The average molecular weight is 403 g/mol. The molecule has 7 nitrogen and oxygen atoms in total. The molecular formula is C20H26N4O3S. The van der Waals surface area contributed by atoms with E-state index in [1.165, 1.54) is 11.3 Å². The van der Waals surface area contributed by atoms with E-state index in [1.807, 2.05) is 42.6 Å². The standard InChI is InChI=1S/C20H26N4O3S/c1-15-14-28-20(21-15)10-18(25)22-23-19(26)13-24(12-17-8-5-9-27-17)11-16-6-3-2-4-7-16/h2-4,6-7,14,17H,5,8-13H2,1H3,(H,22,25)(H,23,26). The van der Waals surface area contributed by atoms with E-state index in [2.05, 4.69) is 20.7 Å². The molecule has 0 radical (unpaired) electrons. The first-order chi connectivity index (χ1) is 13.6. The summed E-state index contributed by atoms with van der Waals surface area (Å²) in [5, 5.41) is 2.63. The number of hydrogen-bond donors (Lipinski definition) is 2.